The lowest BCUT2D eigenvalue weighted by Gasteiger charge is -2.27. The van der Waals surface area contributed by atoms with Gasteiger partial charge in [-0.05, 0) is 49.5 Å². The number of aromatic nitrogens is 1. The lowest BCUT2D eigenvalue weighted by Crippen LogP contribution is -2.41. The van der Waals surface area contributed by atoms with Crippen molar-refractivity contribution in [3.05, 3.63) is 29.3 Å². The monoisotopic (exact) mass is 375 g/mol. The van der Waals surface area contributed by atoms with Crippen LogP contribution >= 0.6 is 23.6 Å². The van der Waals surface area contributed by atoms with E-state index >= 15 is 0 Å². The Hall–Kier alpha value is -1.20. The number of hydrogen-bond acceptors (Lipinski definition) is 3. The molecule has 2 aromatic rings. The van der Waals surface area contributed by atoms with Crippen LogP contribution in [0.25, 0.3) is 10.2 Å². The van der Waals surface area contributed by atoms with E-state index in [1.165, 1.54) is 41.8 Å². The maximum absolute atomic E-state index is 5.74. The highest BCUT2D eigenvalue weighted by atomic mass is 32.1. The largest absolute Gasteiger partial charge is 0.362 e. The van der Waals surface area contributed by atoms with E-state index in [1.54, 1.807) is 0 Å². The van der Waals surface area contributed by atoms with E-state index in [1.807, 2.05) is 11.3 Å². The van der Waals surface area contributed by atoms with Crippen molar-refractivity contribution in [2.24, 2.45) is 5.92 Å². The van der Waals surface area contributed by atoms with Gasteiger partial charge in [-0.15, -0.1) is 11.3 Å². The summed E-state index contributed by atoms with van der Waals surface area (Å²) < 4.78 is 1.27. The molecule has 3 nitrogen and oxygen atoms in total. The number of nitrogens with one attached hydrogen (secondary N) is 1. The minimum atomic E-state index is 0.341. The third-order valence-electron chi connectivity index (χ3n) is 5.19. The molecular weight excluding hydrogens is 346 g/mol. The first-order valence-corrected chi connectivity index (χ1v) is 10.8. The van der Waals surface area contributed by atoms with Gasteiger partial charge in [0.15, 0.2) is 5.11 Å². The van der Waals surface area contributed by atoms with E-state index < -0.39 is 0 Å². The molecule has 1 saturated heterocycles. The smallest absolute Gasteiger partial charge is 0.169 e. The van der Waals surface area contributed by atoms with Gasteiger partial charge in [-0.25, -0.2) is 4.98 Å². The van der Waals surface area contributed by atoms with E-state index in [9.17, 15) is 0 Å². The zero-order valence-corrected chi connectivity index (χ0v) is 17.0. The Balaban J connectivity index is 1.63. The lowest BCUT2D eigenvalue weighted by molar-refractivity contribution is 0.380. The van der Waals surface area contributed by atoms with Crippen LogP contribution in [-0.4, -0.2) is 28.1 Å². The van der Waals surface area contributed by atoms with Crippen molar-refractivity contribution in [1.82, 2.24) is 15.2 Å². The normalized spacial score (nSPS) is 18.6. The highest BCUT2D eigenvalue weighted by molar-refractivity contribution is 7.80. The number of hydrogen-bond donors (Lipinski definition) is 1. The van der Waals surface area contributed by atoms with Crippen LogP contribution in [0.1, 0.15) is 63.4 Å². The summed E-state index contributed by atoms with van der Waals surface area (Å²) in [5.41, 5.74) is 1.11. The van der Waals surface area contributed by atoms with Crippen LogP contribution in [-0.2, 0) is 0 Å². The van der Waals surface area contributed by atoms with Crippen LogP contribution in [0.15, 0.2) is 24.3 Å². The van der Waals surface area contributed by atoms with Gasteiger partial charge >= 0.3 is 0 Å². The predicted molar refractivity (Wildman–Crippen MR) is 112 cm³/mol. The molecule has 0 amide bonds. The van der Waals surface area contributed by atoms with E-state index in [0.29, 0.717) is 6.04 Å². The summed E-state index contributed by atoms with van der Waals surface area (Å²) >= 11 is 7.56. The molecular formula is C20H29N3S2. The molecule has 0 aliphatic carbocycles. The Kier molecular flexibility index (Phi) is 6.65. The molecule has 2 atom stereocenters. The van der Waals surface area contributed by atoms with Crippen molar-refractivity contribution >= 4 is 38.9 Å². The second-order valence-electron chi connectivity index (χ2n) is 6.97. The third kappa shape index (κ3) is 4.50. The first-order chi connectivity index (χ1) is 12.2. The van der Waals surface area contributed by atoms with Crippen molar-refractivity contribution in [3.63, 3.8) is 0 Å². The van der Waals surface area contributed by atoms with Crippen molar-refractivity contribution in [3.8, 4) is 0 Å². The summed E-state index contributed by atoms with van der Waals surface area (Å²) in [7, 11) is 0. The molecule has 0 spiro atoms. The predicted octanol–water partition coefficient (Wildman–Crippen LogP) is 5.52. The van der Waals surface area contributed by atoms with E-state index in [0.717, 1.165) is 36.1 Å². The average molecular weight is 376 g/mol. The number of rotatable bonds is 7. The van der Waals surface area contributed by atoms with Gasteiger partial charge in [-0.3, -0.25) is 0 Å². The van der Waals surface area contributed by atoms with Crippen LogP contribution in [0, 0.1) is 5.92 Å². The summed E-state index contributed by atoms with van der Waals surface area (Å²) in [6, 6.07) is 8.75. The molecule has 5 heteroatoms. The molecule has 1 aliphatic heterocycles. The molecule has 1 aromatic carbocycles. The number of unbranched alkanes of at least 4 members (excludes halogenated alkanes) is 1. The van der Waals surface area contributed by atoms with Gasteiger partial charge in [0.1, 0.15) is 5.01 Å². The van der Waals surface area contributed by atoms with Gasteiger partial charge in [0.2, 0.25) is 0 Å². The number of para-hydroxylation sites is 1. The molecule has 136 valence electrons. The molecule has 0 bridgehead atoms. The molecule has 1 N–H and O–H groups in total. The Morgan fingerprint density at radius 3 is 3.00 bits per heavy atom. The molecule has 0 radical (unpaired) electrons. The van der Waals surface area contributed by atoms with E-state index in [4.69, 9.17) is 17.2 Å². The number of thiazole rings is 1. The zero-order valence-electron chi connectivity index (χ0n) is 15.3. The molecule has 0 unspecified atom stereocenters. The number of thiocarbonyl (C=S) groups is 1. The fourth-order valence-electron chi connectivity index (χ4n) is 3.58. The minimum absolute atomic E-state index is 0.341. The van der Waals surface area contributed by atoms with Crippen molar-refractivity contribution < 1.29 is 0 Å². The summed E-state index contributed by atoms with van der Waals surface area (Å²) in [6.07, 6.45) is 7.43. The SMILES string of the molecule is CCCC[C@H](CC)CNC(=S)N1CCC[C@H]1c1nc2ccccc2s1. The fourth-order valence-corrected chi connectivity index (χ4v) is 4.99. The van der Waals surface area contributed by atoms with Crippen LogP contribution in [0.5, 0.6) is 0 Å². The first-order valence-electron chi connectivity index (χ1n) is 9.62. The van der Waals surface area contributed by atoms with Gasteiger partial charge in [0.25, 0.3) is 0 Å². The maximum Gasteiger partial charge on any atom is 0.169 e. The van der Waals surface area contributed by atoms with Gasteiger partial charge in [-0.2, -0.15) is 0 Å². The molecule has 2 heterocycles. The molecule has 1 fully saturated rings. The zero-order chi connectivity index (χ0) is 17.6. The molecule has 1 aliphatic rings. The second kappa shape index (κ2) is 8.95. The number of nitrogens with zero attached hydrogens (tertiary/aromatic N) is 2. The highest BCUT2D eigenvalue weighted by Gasteiger charge is 2.30. The van der Waals surface area contributed by atoms with Crippen LogP contribution in [0.2, 0.25) is 0 Å². The Labute approximate surface area is 160 Å². The summed E-state index contributed by atoms with van der Waals surface area (Å²) in [5.74, 6) is 0.724. The minimum Gasteiger partial charge on any atom is -0.362 e. The van der Waals surface area contributed by atoms with Crippen molar-refractivity contribution in [2.75, 3.05) is 13.1 Å². The second-order valence-corrected chi connectivity index (χ2v) is 8.42. The Morgan fingerprint density at radius 1 is 1.40 bits per heavy atom. The van der Waals surface area contributed by atoms with Crippen LogP contribution in [0.4, 0.5) is 0 Å². The molecule has 1 aromatic heterocycles. The summed E-state index contributed by atoms with van der Waals surface area (Å²) in [5, 5.41) is 5.67. The lowest BCUT2D eigenvalue weighted by atomic mass is 9.99. The standard InChI is InChI=1S/C20H29N3S2/c1-3-5-9-15(4-2)14-21-20(24)23-13-8-11-17(23)19-22-16-10-6-7-12-18(16)25-19/h6-7,10,12,15,17H,3-5,8-9,11,13-14H2,1-2H3,(H,21,24)/t15-,17-/m0/s1. The number of likely N-dealkylation sites (tertiary alicyclic amines) is 1. The Bertz CT molecular complexity index is 664. The highest BCUT2D eigenvalue weighted by Crippen LogP contribution is 2.36. The average Bonchev–Trinajstić information content (AvgIpc) is 3.28. The summed E-state index contributed by atoms with van der Waals surface area (Å²) in [6.45, 7) is 6.58. The molecule has 3 rings (SSSR count). The Morgan fingerprint density at radius 2 is 2.24 bits per heavy atom. The first kappa shape index (κ1) is 18.6. The number of fused-ring (bicyclic) bond motifs is 1. The topological polar surface area (TPSA) is 28.2 Å². The van der Waals surface area contributed by atoms with Gasteiger partial charge in [0, 0.05) is 13.1 Å². The summed E-state index contributed by atoms with van der Waals surface area (Å²) in [4.78, 5) is 7.23. The van der Waals surface area contributed by atoms with Gasteiger partial charge < -0.3 is 10.2 Å². The van der Waals surface area contributed by atoms with Crippen molar-refractivity contribution in [1.29, 1.82) is 0 Å². The van der Waals surface area contributed by atoms with Crippen LogP contribution < -0.4 is 5.32 Å². The van der Waals surface area contributed by atoms with Gasteiger partial charge in [-0.1, -0.05) is 45.2 Å². The van der Waals surface area contributed by atoms with Gasteiger partial charge in [0.05, 0.1) is 16.3 Å². The van der Waals surface area contributed by atoms with E-state index in [2.05, 4.69) is 48.3 Å². The molecule has 25 heavy (non-hydrogen) atoms. The van der Waals surface area contributed by atoms with Crippen molar-refractivity contribution in [2.45, 2.75) is 58.4 Å². The fraction of sp³-hybridized carbons (Fsp3) is 0.600. The van der Waals surface area contributed by atoms with E-state index in [-0.39, 0.29) is 0 Å². The number of benzene rings is 1. The molecule has 0 saturated carbocycles. The maximum atomic E-state index is 5.74. The van der Waals surface area contributed by atoms with Crippen LogP contribution in [0.3, 0.4) is 0 Å². The quantitative estimate of drug-likeness (QED) is 0.645. The third-order valence-corrected chi connectivity index (χ3v) is 6.71.